The summed E-state index contributed by atoms with van der Waals surface area (Å²) in [6.07, 6.45) is 3.89. The van der Waals surface area contributed by atoms with Gasteiger partial charge in [0.25, 0.3) is 0 Å². The van der Waals surface area contributed by atoms with E-state index in [4.69, 9.17) is 0 Å². The first-order chi connectivity index (χ1) is 6.84. The number of rotatable bonds is 2. The Morgan fingerprint density at radius 2 is 2.07 bits per heavy atom. The first kappa shape index (κ1) is 8.81. The SMILES string of the molecule is CN1C=C(Nc2ccccc2)N=CC1. The van der Waals surface area contributed by atoms with Crippen LogP contribution in [0.25, 0.3) is 0 Å². The molecule has 1 aromatic carbocycles. The molecule has 0 atom stereocenters. The van der Waals surface area contributed by atoms with Crippen molar-refractivity contribution in [3.8, 4) is 0 Å². The van der Waals surface area contributed by atoms with Crippen LogP contribution >= 0.6 is 0 Å². The molecule has 0 saturated carbocycles. The van der Waals surface area contributed by atoms with Crippen LogP contribution in [0.5, 0.6) is 0 Å². The minimum atomic E-state index is 0.875. The fraction of sp³-hybridized carbons (Fsp3) is 0.182. The molecular weight excluding hydrogens is 174 g/mol. The Morgan fingerprint density at radius 1 is 1.29 bits per heavy atom. The van der Waals surface area contributed by atoms with Crippen LogP contribution in [-0.4, -0.2) is 24.7 Å². The van der Waals surface area contributed by atoms with Crippen LogP contribution in [0.3, 0.4) is 0 Å². The van der Waals surface area contributed by atoms with Crippen LogP contribution in [-0.2, 0) is 0 Å². The van der Waals surface area contributed by atoms with Gasteiger partial charge in [-0.05, 0) is 12.1 Å². The first-order valence-corrected chi connectivity index (χ1v) is 4.61. The number of para-hydroxylation sites is 1. The normalized spacial score (nSPS) is 15.2. The average Bonchev–Trinajstić information content (AvgIpc) is 2.19. The van der Waals surface area contributed by atoms with E-state index < -0.39 is 0 Å². The second-order valence-electron chi connectivity index (χ2n) is 3.26. The highest BCUT2D eigenvalue weighted by Crippen LogP contribution is 2.11. The fourth-order valence-corrected chi connectivity index (χ4v) is 1.30. The molecule has 0 fully saturated rings. The maximum absolute atomic E-state index is 4.26. The van der Waals surface area contributed by atoms with E-state index in [0.717, 1.165) is 18.1 Å². The molecule has 0 spiro atoms. The predicted molar refractivity (Wildman–Crippen MR) is 59.3 cm³/mol. The monoisotopic (exact) mass is 187 g/mol. The van der Waals surface area contributed by atoms with E-state index in [-0.39, 0.29) is 0 Å². The van der Waals surface area contributed by atoms with Crippen LogP contribution in [0.4, 0.5) is 5.69 Å². The van der Waals surface area contributed by atoms with E-state index in [0.29, 0.717) is 0 Å². The van der Waals surface area contributed by atoms with E-state index in [2.05, 4.69) is 15.2 Å². The van der Waals surface area contributed by atoms with E-state index >= 15 is 0 Å². The molecule has 0 aromatic heterocycles. The standard InChI is InChI=1S/C11H13N3/c1-14-8-7-12-11(9-14)13-10-5-3-2-4-6-10/h2-7,9,13H,8H2,1H3. The van der Waals surface area contributed by atoms with E-state index in [9.17, 15) is 0 Å². The van der Waals surface area contributed by atoms with Gasteiger partial charge in [0.2, 0.25) is 0 Å². The topological polar surface area (TPSA) is 27.6 Å². The van der Waals surface area contributed by atoms with Crippen molar-refractivity contribution in [1.82, 2.24) is 4.90 Å². The molecule has 1 N–H and O–H groups in total. The number of aliphatic imine (C=N–C) groups is 1. The zero-order chi connectivity index (χ0) is 9.80. The second kappa shape index (κ2) is 3.96. The van der Waals surface area contributed by atoms with E-state index in [1.807, 2.05) is 49.8 Å². The van der Waals surface area contributed by atoms with Gasteiger partial charge in [0.05, 0.1) is 6.54 Å². The molecule has 0 bridgehead atoms. The van der Waals surface area contributed by atoms with Crippen molar-refractivity contribution < 1.29 is 0 Å². The summed E-state index contributed by atoms with van der Waals surface area (Å²) < 4.78 is 0. The molecular formula is C11H13N3. The van der Waals surface area contributed by atoms with Gasteiger partial charge in [0, 0.05) is 25.1 Å². The van der Waals surface area contributed by atoms with Gasteiger partial charge >= 0.3 is 0 Å². The van der Waals surface area contributed by atoms with Crippen molar-refractivity contribution in [2.24, 2.45) is 4.99 Å². The minimum Gasteiger partial charge on any atom is -0.372 e. The zero-order valence-corrected chi connectivity index (χ0v) is 8.14. The number of benzene rings is 1. The molecule has 2 rings (SSSR count). The predicted octanol–water partition coefficient (Wildman–Crippen LogP) is 1.91. The lowest BCUT2D eigenvalue weighted by Gasteiger charge is -2.17. The smallest absolute Gasteiger partial charge is 0.146 e. The highest BCUT2D eigenvalue weighted by molar-refractivity contribution is 5.64. The molecule has 14 heavy (non-hydrogen) atoms. The third-order valence-electron chi connectivity index (χ3n) is 1.99. The Labute approximate surface area is 83.8 Å². The van der Waals surface area contributed by atoms with Gasteiger partial charge in [-0.15, -0.1) is 0 Å². The van der Waals surface area contributed by atoms with Gasteiger partial charge in [-0.25, -0.2) is 4.99 Å². The lowest BCUT2D eigenvalue weighted by Crippen LogP contribution is -2.19. The van der Waals surface area contributed by atoms with Crippen LogP contribution in [0.15, 0.2) is 47.3 Å². The Morgan fingerprint density at radius 3 is 2.79 bits per heavy atom. The summed E-state index contributed by atoms with van der Waals surface area (Å²) in [7, 11) is 2.03. The van der Waals surface area contributed by atoms with Crippen molar-refractivity contribution >= 4 is 11.9 Å². The molecule has 1 heterocycles. The molecule has 0 aliphatic carbocycles. The Balaban J connectivity index is 2.08. The highest BCUT2D eigenvalue weighted by atomic mass is 15.2. The number of nitrogens with zero attached hydrogens (tertiary/aromatic N) is 2. The minimum absolute atomic E-state index is 0.875. The van der Waals surface area contributed by atoms with E-state index in [1.54, 1.807) is 0 Å². The molecule has 0 saturated heterocycles. The van der Waals surface area contributed by atoms with Crippen molar-refractivity contribution in [2.45, 2.75) is 0 Å². The lowest BCUT2D eigenvalue weighted by molar-refractivity contribution is 0.516. The first-order valence-electron chi connectivity index (χ1n) is 4.61. The number of hydrogen-bond donors (Lipinski definition) is 1. The summed E-state index contributed by atoms with van der Waals surface area (Å²) in [4.78, 5) is 6.34. The quantitative estimate of drug-likeness (QED) is 0.766. The van der Waals surface area contributed by atoms with Crippen molar-refractivity contribution in [3.05, 3.63) is 42.4 Å². The van der Waals surface area contributed by atoms with Gasteiger partial charge < -0.3 is 10.2 Å². The van der Waals surface area contributed by atoms with Gasteiger partial charge in [-0.1, -0.05) is 18.2 Å². The number of hydrogen-bond acceptors (Lipinski definition) is 3. The van der Waals surface area contributed by atoms with Crippen molar-refractivity contribution in [3.63, 3.8) is 0 Å². The molecule has 3 heteroatoms. The van der Waals surface area contributed by atoms with Gasteiger partial charge in [-0.3, -0.25) is 0 Å². The summed E-state index contributed by atoms with van der Waals surface area (Å²) in [5.74, 6) is 0.880. The summed E-state index contributed by atoms with van der Waals surface area (Å²) in [6, 6.07) is 10.0. The molecule has 0 radical (unpaired) electrons. The molecule has 72 valence electrons. The van der Waals surface area contributed by atoms with Crippen LogP contribution in [0.2, 0.25) is 0 Å². The Hall–Kier alpha value is -1.77. The Kier molecular flexibility index (Phi) is 2.49. The molecule has 3 nitrogen and oxygen atoms in total. The maximum Gasteiger partial charge on any atom is 0.146 e. The van der Waals surface area contributed by atoms with Gasteiger partial charge in [-0.2, -0.15) is 0 Å². The lowest BCUT2D eigenvalue weighted by atomic mass is 10.3. The second-order valence-corrected chi connectivity index (χ2v) is 3.26. The molecule has 1 aliphatic heterocycles. The average molecular weight is 187 g/mol. The van der Waals surface area contributed by atoms with E-state index in [1.165, 1.54) is 0 Å². The summed E-state index contributed by atoms with van der Waals surface area (Å²) in [5, 5.41) is 3.23. The third kappa shape index (κ3) is 2.13. The molecule has 1 aromatic rings. The molecule has 0 unspecified atom stereocenters. The fourth-order valence-electron chi connectivity index (χ4n) is 1.30. The van der Waals surface area contributed by atoms with Crippen molar-refractivity contribution in [1.29, 1.82) is 0 Å². The van der Waals surface area contributed by atoms with Gasteiger partial charge in [0.15, 0.2) is 0 Å². The molecule has 0 amide bonds. The maximum atomic E-state index is 4.26. The third-order valence-corrected chi connectivity index (χ3v) is 1.99. The van der Waals surface area contributed by atoms with Crippen LogP contribution in [0.1, 0.15) is 0 Å². The van der Waals surface area contributed by atoms with Crippen LogP contribution < -0.4 is 5.32 Å². The highest BCUT2D eigenvalue weighted by Gasteiger charge is 2.01. The largest absolute Gasteiger partial charge is 0.372 e. The summed E-state index contributed by atoms with van der Waals surface area (Å²) in [5.41, 5.74) is 1.06. The van der Waals surface area contributed by atoms with Crippen LogP contribution in [0, 0.1) is 0 Å². The molecule has 1 aliphatic rings. The van der Waals surface area contributed by atoms with Gasteiger partial charge in [0.1, 0.15) is 5.82 Å². The summed E-state index contributed by atoms with van der Waals surface area (Å²) in [6.45, 7) is 0.875. The summed E-state index contributed by atoms with van der Waals surface area (Å²) >= 11 is 0. The zero-order valence-electron chi connectivity index (χ0n) is 8.14. The van der Waals surface area contributed by atoms with Crippen molar-refractivity contribution in [2.75, 3.05) is 18.9 Å². The number of nitrogens with one attached hydrogen (secondary N) is 1. The number of anilines is 1. The Bertz CT molecular complexity index is 354.